The number of H-pyrrole nitrogens is 1. The van der Waals surface area contributed by atoms with E-state index in [0.717, 1.165) is 10.9 Å². The van der Waals surface area contributed by atoms with Crippen LogP contribution in [0.1, 0.15) is 19.4 Å². The third-order valence-corrected chi connectivity index (χ3v) is 3.18. The molecule has 1 heterocycles. The molecular formula is C17H16N2O4. The summed E-state index contributed by atoms with van der Waals surface area (Å²) in [5, 5.41) is 10.3. The lowest BCUT2D eigenvalue weighted by atomic mass is 10.0. The van der Waals surface area contributed by atoms with Gasteiger partial charge in [0.1, 0.15) is 6.07 Å². The van der Waals surface area contributed by atoms with Crippen LogP contribution < -0.4 is 0 Å². The third-order valence-electron chi connectivity index (χ3n) is 3.18. The minimum atomic E-state index is -0.868. The second kappa shape index (κ2) is 7.27. The van der Waals surface area contributed by atoms with Gasteiger partial charge in [0.2, 0.25) is 0 Å². The summed E-state index contributed by atoms with van der Waals surface area (Å²) < 4.78 is 9.81. The van der Waals surface area contributed by atoms with Crippen molar-refractivity contribution in [2.75, 3.05) is 13.2 Å². The van der Waals surface area contributed by atoms with Gasteiger partial charge in [0.05, 0.1) is 18.8 Å². The number of hydrogen-bond acceptors (Lipinski definition) is 5. The highest BCUT2D eigenvalue weighted by atomic mass is 16.6. The van der Waals surface area contributed by atoms with Crippen molar-refractivity contribution in [3.63, 3.8) is 0 Å². The average molecular weight is 312 g/mol. The zero-order valence-electron chi connectivity index (χ0n) is 12.9. The SMILES string of the molecule is CCOC(=O)C(C(=O)OCC)=C(C#N)c1c[nH]c2ccccc12. The van der Waals surface area contributed by atoms with Crippen molar-refractivity contribution in [1.29, 1.82) is 5.26 Å². The molecule has 0 amide bonds. The summed E-state index contributed by atoms with van der Waals surface area (Å²) in [6.45, 7) is 3.43. The monoisotopic (exact) mass is 312 g/mol. The van der Waals surface area contributed by atoms with Crippen molar-refractivity contribution in [2.24, 2.45) is 0 Å². The van der Waals surface area contributed by atoms with E-state index in [0.29, 0.717) is 5.56 Å². The summed E-state index contributed by atoms with van der Waals surface area (Å²) in [6.07, 6.45) is 1.58. The molecule has 0 saturated heterocycles. The smallest absolute Gasteiger partial charge is 0.346 e. The van der Waals surface area contributed by atoms with Gasteiger partial charge in [0.25, 0.3) is 0 Å². The second-order valence-electron chi connectivity index (χ2n) is 4.55. The van der Waals surface area contributed by atoms with Crippen LogP contribution in [0.25, 0.3) is 16.5 Å². The molecule has 1 aromatic heterocycles. The number of carbonyl (C=O) groups excluding carboxylic acids is 2. The van der Waals surface area contributed by atoms with Crippen molar-refractivity contribution in [3.05, 3.63) is 41.6 Å². The Kier molecular flexibility index (Phi) is 5.15. The number of nitrogens with zero attached hydrogens (tertiary/aromatic N) is 1. The standard InChI is InChI=1S/C17H16N2O4/c1-3-22-16(20)15(17(21)23-4-2)12(9-18)13-10-19-14-8-6-5-7-11(13)14/h5-8,10,19H,3-4H2,1-2H3. The quantitative estimate of drug-likeness (QED) is 0.301. The fraction of sp³-hybridized carbons (Fsp3) is 0.235. The average Bonchev–Trinajstić information content (AvgIpc) is 2.96. The molecule has 1 aromatic carbocycles. The van der Waals surface area contributed by atoms with Crippen LogP contribution in [-0.2, 0) is 19.1 Å². The van der Waals surface area contributed by atoms with E-state index in [2.05, 4.69) is 4.98 Å². The molecule has 2 rings (SSSR count). The Balaban J connectivity index is 2.67. The fourth-order valence-corrected chi connectivity index (χ4v) is 2.22. The molecule has 0 saturated carbocycles. The first-order valence-corrected chi connectivity index (χ1v) is 7.19. The normalized spacial score (nSPS) is 9.96. The maximum Gasteiger partial charge on any atom is 0.346 e. The molecule has 118 valence electrons. The van der Waals surface area contributed by atoms with E-state index < -0.39 is 11.9 Å². The number of fused-ring (bicyclic) bond motifs is 1. The maximum absolute atomic E-state index is 12.1. The number of esters is 2. The molecule has 0 aliphatic carbocycles. The van der Waals surface area contributed by atoms with Gasteiger partial charge in [-0.1, -0.05) is 18.2 Å². The number of nitriles is 1. The van der Waals surface area contributed by atoms with Crippen LogP contribution in [0, 0.1) is 11.3 Å². The highest BCUT2D eigenvalue weighted by Crippen LogP contribution is 2.28. The van der Waals surface area contributed by atoms with Gasteiger partial charge >= 0.3 is 11.9 Å². The highest BCUT2D eigenvalue weighted by molar-refractivity contribution is 6.22. The Morgan fingerprint density at radius 2 is 1.74 bits per heavy atom. The van der Waals surface area contributed by atoms with E-state index in [1.54, 1.807) is 26.1 Å². The van der Waals surface area contributed by atoms with Crippen molar-refractivity contribution in [3.8, 4) is 6.07 Å². The molecule has 1 N–H and O–H groups in total. The molecular weight excluding hydrogens is 296 g/mol. The number of benzene rings is 1. The van der Waals surface area contributed by atoms with Gasteiger partial charge in [-0.05, 0) is 19.9 Å². The van der Waals surface area contributed by atoms with Gasteiger partial charge in [0, 0.05) is 22.7 Å². The minimum Gasteiger partial charge on any atom is -0.462 e. The summed E-state index contributed by atoms with van der Waals surface area (Å²) in [5.41, 5.74) is 0.793. The lowest BCUT2D eigenvalue weighted by Crippen LogP contribution is -2.20. The summed E-state index contributed by atoms with van der Waals surface area (Å²) in [4.78, 5) is 27.3. The molecule has 2 aromatic rings. The molecule has 0 atom stereocenters. The van der Waals surface area contributed by atoms with Crippen LogP contribution in [0.3, 0.4) is 0 Å². The lowest BCUT2D eigenvalue weighted by Gasteiger charge is -2.08. The summed E-state index contributed by atoms with van der Waals surface area (Å²) in [5.74, 6) is -1.74. The molecule has 0 fully saturated rings. The molecule has 0 aliphatic rings. The summed E-state index contributed by atoms with van der Waals surface area (Å²) in [6, 6.07) is 9.22. The van der Waals surface area contributed by atoms with Crippen LogP contribution >= 0.6 is 0 Å². The molecule has 0 aliphatic heterocycles. The first-order valence-electron chi connectivity index (χ1n) is 7.19. The number of allylic oxidation sites excluding steroid dienone is 1. The molecule has 0 spiro atoms. The second-order valence-corrected chi connectivity index (χ2v) is 4.55. The van der Waals surface area contributed by atoms with E-state index in [1.807, 2.05) is 24.3 Å². The number of para-hydroxylation sites is 1. The van der Waals surface area contributed by atoms with Gasteiger partial charge in [-0.25, -0.2) is 9.59 Å². The Morgan fingerprint density at radius 1 is 1.13 bits per heavy atom. The number of carbonyl (C=O) groups is 2. The van der Waals surface area contributed by atoms with Gasteiger partial charge in [-0.3, -0.25) is 0 Å². The lowest BCUT2D eigenvalue weighted by molar-refractivity contribution is -0.146. The maximum atomic E-state index is 12.1. The molecule has 23 heavy (non-hydrogen) atoms. The van der Waals surface area contributed by atoms with Gasteiger partial charge in [0.15, 0.2) is 5.57 Å². The minimum absolute atomic E-state index is 0.0700. The number of aromatic amines is 1. The molecule has 0 radical (unpaired) electrons. The predicted molar refractivity (Wildman–Crippen MR) is 84.1 cm³/mol. The van der Waals surface area contributed by atoms with Gasteiger partial charge in [-0.15, -0.1) is 0 Å². The van der Waals surface area contributed by atoms with Gasteiger partial charge < -0.3 is 14.5 Å². The van der Waals surface area contributed by atoms with Crippen LogP contribution in [0.4, 0.5) is 0 Å². The predicted octanol–water partition coefficient (Wildman–Crippen LogP) is 2.57. The number of rotatable bonds is 5. The first kappa shape index (κ1) is 16.3. The van der Waals surface area contributed by atoms with Crippen molar-refractivity contribution < 1.29 is 19.1 Å². The Labute approximate surface area is 133 Å². The van der Waals surface area contributed by atoms with Crippen molar-refractivity contribution >= 4 is 28.4 Å². The van der Waals surface area contributed by atoms with Crippen molar-refractivity contribution in [1.82, 2.24) is 4.98 Å². The highest BCUT2D eigenvalue weighted by Gasteiger charge is 2.28. The molecule has 6 nitrogen and oxygen atoms in total. The summed E-state index contributed by atoms with van der Waals surface area (Å²) >= 11 is 0. The molecule has 6 heteroatoms. The molecule has 0 bridgehead atoms. The Morgan fingerprint density at radius 3 is 2.30 bits per heavy atom. The van der Waals surface area contributed by atoms with E-state index >= 15 is 0 Å². The van der Waals surface area contributed by atoms with Crippen molar-refractivity contribution in [2.45, 2.75) is 13.8 Å². The number of hydrogen-bond donors (Lipinski definition) is 1. The Hall–Kier alpha value is -3.07. The van der Waals surface area contributed by atoms with Gasteiger partial charge in [-0.2, -0.15) is 5.26 Å². The topological polar surface area (TPSA) is 92.2 Å². The molecule has 0 unspecified atom stereocenters. The summed E-state index contributed by atoms with van der Waals surface area (Å²) in [7, 11) is 0. The van der Waals surface area contributed by atoms with Crippen LogP contribution in [0.2, 0.25) is 0 Å². The zero-order valence-corrected chi connectivity index (χ0v) is 12.9. The zero-order chi connectivity index (χ0) is 16.8. The number of nitrogens with one attached hydrogen (secondary N) is 1. The van der Waals surface area contributed by atoms with Crippen LogP contribution in [0.15, 0.2) is 36.0 Å². The first-order chi connectivity index (χ1) is 11.1. The van der Waals surface area contributed by atoms with E-state index in [1.165, 1.54) is 0 Å². The van der Waals surface area contributed by atoms with E-state index in [9.17, 15) is 14.9 Å². The fourth-order valence-electron chi connectivity index (χ4n) is 2.22. The van der Waals surface area contributed by atoms with E-state index in [4.69, 9.17) is 9.47 Å². The van der Waals surface area contributed by atoms with E-state index in [-0.39, 0.29) is 24.4 Å². The van der Waals surface area contributed by atoms with Crippen LogP contribution in [-0.4, -0.2) is 30.1 Å². The Bertz CT molecular complexity index is 791. The number of ether oxygens (including phenoxy) is 2. The largest absolute Gasteiger partial charge is 0.462 e. The third kappa shape index (κ3) is 3.24. The van der Waals surface area contributed by atoms with Crippen LogP contribution in [0.5, 0.6) is 0 Å². The number of aromatic nitrogens is 1.